The van der Waals surface area contributed by atoms with Gasteiger partial charge < -0.3 is 17.5 Å². The van der Waals surface area contributed by atoms with E-state index >= 15 is 0 Å². The summed E-state index contributed by atoms with van der Waals surface area (Å²) in [5.41, 5.74) is 0. The normalized spacial score (nSPS) is 16.1. The number of hydrogen-bond donors (Lipinski definition) is 1. The first-order valence-corrected chi connectivity index (χ1v) is 14.7. The summed E-state index contributed by atoms with van der Waals surface area (Å²) in [6.07, 6.45) is 0.791. The maximum atomic E-state index is 10.5. The summed E-state index contributed by atoms with van der Waals surface area (Å²) >= 11 is 0. The smallest absolute Gasteiger partial charge is 0.395 e. The maximum Gasteiger partial charge on any atom is 0.655 e. The molecule has 0 radical (unpaired) electrons. The van der Waals surface area contributed by atoms with Gasteiger partial charge in [0.2, 0.25) is 0 Å². The summed E-state index contributed by atoms with van der Waals surface area (Å²) in [5, 5.41) is 0. The monoisotopic (exact) mass is 296 g/mol. The van der Waals surface area contributed by atoms with Crippen LogP contribution >= 0.6 is 0 Å². The van der Waals surface area contributed by atoms with E-state index in [0.717, 1.165) is 6.42 Å². The van der Waals surface area contributed by atoms with Crippen LogP contribution in [0.15, 0.2) is 0 Å². The maximum absolute atomic E-state index is 10.5. The molecule has 0 bridgehead atoms. The quantitative estimate of drug-likeness (QED) is 0.734. The summed E-state index contributed by atoms with van der Waals surface area (Å²) in [6.45, 7) is 16.1. The van der Waals surface area contributed by atoms with Gasteiger partial charge in [-0.2, -0.15) is 0 Å². The fourth-order valence-corrected chi connectivity index (χ4v) is 8.97. The predicted octanol–water partition coefficient (Wildman–Crippen LogP) is 2.93. The molecule has 104 valence electrons. The molecule has 0 aliphatic carbocycles. The lowest BCUT2D eigenvalue weighted by molar-refractivity contribution is 0.0402. The van der Waals surface area contributed by atoms with E-state index in [2.05, 4.69) is 0 Å². The summed E-state index contributed by atoms with van der Waals surface area (Å²) in [5.74, 6) is 0. The Balaban J connectivity index is 4.81. The molecule has 0 rings (SSSR count). The van der Waals surface area contributed by atoms with Crippen LogP contribution in [0.2, 0.25) is 39.3 Å². The first kappa shape index (κ1) is 17.5. The highest BCUT2D eigenvalue weighted by molar-refractivity contribution is 6.83. The van der Waals surface area contributed by atoms with Crippen LogP contribution in [0, 0.1) is 0 Å². The molecule has 0 aliphatic heterocycles. The van der Waals surface area contributed by atoms with Gasteiger partial charge in [0.05, 0.1) is 0 Å². The van der Waals surface area contributed by atoms with Crippen LogP contribution < -0.4 is 0 Å². The van der Waals surface area contributed by atoms with E-state index in [9.17, 15) is 4.80 Å². The van der Waals surface area contributed by atoms with Crippen molar-refractivity contribution in [2.75, 3.05) is 0 Å². The van der Waals surface area contributed by atoms with Gasteiger partial charge in [-0.1, -0.05) is 6.92 Å². The van der Waals surface area contributed by atoms with Crippen LogP contribution in [0.3, 0.4) is 0 Å². The Morgan fingerprint density at radius 2 is 1.29 bits per heavy atom. The Labute approximate surface area is 109 Å². The zero-order valence-corrected chi connectivity index (χ0v) is 15.5. The average Bonchev–Trinajstić information content (AvgIpc) is 1.94. The molecule has 4 nitrogen and oxygen atoms in total. The highest BCUT2D eigenvalue weighted by Crippen LogP contribution is 2.21. The van der Waals surface area contributed by atoms with E-state index < -0.39 is 25.7 Å². The van der Waals surface area contributed by atoms with Gasteiger partial charge in [-0.25, -0.2) is 0 Å². The minimum absolute atomic E-state index is 0.0423. The van der Waals surface area contributed by atoms with E-state index in [-0.39, 0.29) is 6.10 Å². The first-order chi connectivity index (χ1) is 7.37. The van der Waals surface area contributed by atoms with Gasteiger partial charge >= 0.3 is 9.05 Å². The Hall–Kier alpha value is 0.491. The van der Waals surface area contributed by atoms with Crippen molar-refractivity contribution in [2.24, 2.45) is 0 Å². The van der Waals surface area contributed by atoms with Crippen molar-refractivity contribution in [3.05, 3.63) is 0 Å². The van der Waals surface area contributed by atoms with E-state index in [1.54, 1.807) is 0 Å². The van der Waals surface area contributed by atoms with Crippen molar-refractivity contribution in [3.63, 3.8) is 0 Å². The van der Waals surface area contributed by atoms with Crippen molar-refractivity contribution >= 4 is 25.7 Å². The molecule has 0 aliphatic rings. The molecule has 17 heavy (non-hydrogen) atoms. The molecule has 0 amide bonds. The molecule has 1 unspecified atom stereocenters. The summed E-state index contributed by atoms with van der Waals surface area (Å²) in [7, 11) is -7.26. The SMILES string of the molecule is CCC(C)O[Si](O)(O[Si](C)(C)C)O[Si](C)(C)C. The molecule has 1 atom stereocenters. The molecular formula is C10H28O4Si3. The fourth-order valence-electron chi connectivity index (χ4n) is 1.18. The van der Waals surface area contributed by atoms with Crippen LogP contribution in [0.1, 0.15) is 20.3 Å². The molecule has 0 saturated carbocycles. The van der Waals surface area contributed by atoms with Crippen molar-refractivity contribution in [2.45, 2.75) is 65.7 Å². The van der Waals surface area contributed by atoms with Crippen LogP contribution in [-0.2, 0) is 12.7 Å². The lowest BCUT2D eigenvalue weighted by Gasteiger charge is -2.35. The Bertz CT molecular complexity index is 219. The molecule has 0 spiro atoms. The molecule has 0 aromatic rings. The standard InChI is InChI=1S/C10H28O4Si3/c1-9-10(2)12-17(11,13-15(3,4)5)14-16(6,7)8/h10-11H,9H2,1-8H3. The number of rotatable bonds is 7. The third-order valence-electron chi connectivity index (χ3n) is 1.80. The van der Waals surface area contributed by atoms with E-state index in [4.69, 9.17) is 12.7 Å². The molecule has 7 heteroatoms. The highest BCUT2D eigenvalue weighted by atomic mass is 28.5. The number of hydrogen-bond acceptors (Lipinski definition) is 4. The summed E-state index contributed by atoms with van der Waals surface area (Å²) in [6, 6.07) is 0. The molecule has 0 aromatic carbocycles. The minimum Gasteiger partial charge on any atom is -0.395 e. The summed E-state index contributed by atoms with van der Waals surface area (Å²) < 4.78 is 17.3. The fraction of sp³-hybridized carbons (Fsp3) is 1.00. The zero-order valence-electron chi connectivity index (χ0n) is 12.5. The Morgan fingerprint density at radius 3 is 1.53 bits per heavy atom. The zero-order chi connectivity index (χ0) is 13.9. The minimum atomic E-state index is -3.48. The molecule has 0 fully saturated rings. The van der Waals surface area contributed by atoms with E-state index in [1.165, 1.54) is 0 Å². The molecule has 0 heterocycles. The van der Waals surface area contributed by atoms with Crippen molar-refractivity contribution < 1.29 is 17.5 Å². The molecule has 0 saturated heterocycles. The van der Waals surface area contributed by atoms with E-state index in [0.29, 0.717) is 0 Å². The highest BCUT2D eigenvalue weighted by Gasteiger charge is 2.49. The van der Waals surface area contributed by atoms with Gasteiger partial charge in [0.25, 0.3) is 0 Å². The second kappa shape index (κ2) is 6.09. The molecule has 1 N–H and O–H groups in total. The molecular weight excluding hydrogens is 268 g/mol. The van der Waals surface area contributed by atoms with Gasteiger partial charge in [-0.15, -0.1) is 0 Å². The van der Waals surface area contributed by atoms with E-state index in [1.807, 2.05) is 53.1 Å². The average molecular weight is 297 g/mol. The third-order valence-corrected chi connectivity index (χ3v) is 9.46. The second-order valence-corrected chi connectivity index (χ2v) is 17.7. The van der Waals surface area contributed by atoms with Crippen molar-refractivity contribution in [1.82, 2.24) is 0 Å². The lowest BCUT2D eigenvalue weighted by Crippen LogP contribution is -2.58. The van der Waals surface area contributed by atoms with Gasteiger partial charge in [-0.3, -0.25) is 0 Å². The van der Waals surface area contributed by atoms with Gasteiger partial charge in [0, 0.05) is 6.10 Å². The van der Waals surface area contributed by atoms with Crippen LogP contribution in [0.4, 0.5) is 0 Å². The van der Waals surface area contributed by atoms with Crippen LogP contribution in [0.25, 0.3) is 0 Å². The van der Waals surface area contributed by atoms with Crippen LogP contribution in [0.5, 0.6) is 0 Å². The Morgan fingerprint density at radius 1 is 0.941 bits per heavy atom. The third kappa shape index (κ3) is 9.12. The Kier molecular flexibility index (Phi) is 6.27. The van der Waals surface area contributed by atoms with Gasteiger partial charge in [0.1, 0.15) is 0 Å². The first-order valence-electron chi connectivity index (χ1n) is 6.17. The van der Waals surface area contributed by atoms with Gasteiger partial charge in [-0.05, 0) is 52.6 Å². The van der Waals surface area contributed by atoms with Crippen molar-refractivity contribution in [1.29, 1.82) is 0 Å². The topological polar surface area (TPSA) is 47.9 Å². The largest absolute Gasteiger partial charge is 0.655 e. The van der Waals surface area contributed by atoms with Crippen molar-refractivity contribution in [3.8, 4) is 0 Å². The van der Waals surface area contributed by atoms with Gasteiger partial charge in [0.15, 0.2) is 16.6 Å². The lowest BCUT2D eigenvalue weighted by atomic mass is 10.3. The summed E-state index contributed by atoms with van der Waals surface area (Å²) in [4.78, 5) is 10.5. The second-order valence-electron chi connectivity index (χ2n) is 6.29. The van der Waals surface area contributed by atoms with Crippen LogP contribution in [-0.4, -0.2) is 36.6 Å². The predicted molar refractivity (Wildman–Crippen MR) is 77.7 cm³/mol. The molecule has 0 aromatic heterocycles.